The summed E-state index contributed by atoms with van der Waals surface area (Å²) in [4.78, 5) is 32.6. The monoisotopic (exact) mass is 551 g/mol. The van der Waals surface area contributed by atoms with Crippen molar-refractivity contribution in [1.82, 2.24) is 20.1 Å². The van der Waals surface area contributed by atoms with Gasteiger partial charge in [0.05, 0.1) is 12.1 Å². The number of rotatable bonds is 7. The summed E-state index contributed by atoms with van der Waals surface area (Å²) in [6.07, 6.45) is 2.87. The highest BCUT2D eigenvalue weighted by Crippen LogP contribution is 2.27. The smallest absolute Gasteiger partial charge is 0.416 e. The Balaban J connectivity index is 1.29. The fourth-order valence-corrected chi connectivity index (χ4v) is 4.36. The Morgan fingerprint density at radius 1 is 1.08 bits per heavy atom. The van der Waals surface area contributed by atoms with Crippen molar-refractivity contribution >= 4 is 35.0 Å². The average molecular weight is 552 g/mol. The first-order valence-electron chi connectivity index (χ1n) is 12.5. The fourth-order valence-electron chi connectivity index (χ4n) is 4.13. The lowest BCUT2D eigenvalue weighted by Crippen LogP contribution is -2.45. The summed E-state index contributed by atoms with van der Waals surface area (Å²) in [5, 5.41) is 5.20. The Morgan fingerprint density at radius 3 is 2.49 bits per heavy atom. The third-order valence-corrected chi connectivity index (χ3v) is 6.44. The highest BCUT2D eigenvalue weighted by molar-refractivity contribution is 7.80. The van der Waals surface area contributed by atoms with Crippen LogP contribution < -0.4 is 20.1 Å². The quantitative estimate of drug-likeness (QED) is 0.412. The number of pyridine rings is 1. The molecule has 11 heteroatoms. The summed E-state index contributed by atoms with van der Waals surface area (Å²) in [6.45, 7) is 1.22. The molecule has 39 heavy (non-hydrogen) atoms. The van der Waals surface area contributed by atoms with Gasteiger partial charge in [0.25, 0.3) is 0 Å². The van der Waals surface area contributed by atoms with Gasteiger partial charge in [-0.05, 0) is 62.9 Å². The number of benzene rings is 2. The van der Waals surface area contributed by atoms with Crippen LogP contribution in [0.5, 0.6) is 17.4 Å². The molecule has 0 aliphatic carbocycles. The van der Waals surface area contributed by atoms with Gasteiger partial charge in [0.2, 0.25) is 11.8 Å². The molecule has 4 rings (SSSR count). The minimum atomic E-state index is -0.631. The zero-order chi connectivity index (χ0) is 27.8. The number of anilines is 1. The molecule has 3 aromatic rings. The molecular weight excluding hydrogens is 521 g/mol. The van der Waals surface area contributed by atoms with Gasteiger partial charge in [-0.3, -0.25) is 4.79 Å². The maximum atomic E-state index is 14.7. The molecular formula is C28H30FN5O4S. The first-order valence-corrected chi connectivity index (χ1v) is 12.9. The topological polar surface area (TPSA) is 96.0 Å². The van der Waals surface area contributed by atoms with Crippen LogP contribution in [0, 0.1) is 5.82 Å². The normalized spacial score (nSPS) is 13.6. The van der Waals surface area contributed by atoms with Crippen molar-refractivity contribution < 1.29 is 23.5 Å². The SMILES string of the molecule is CN(C)C1CCN(C(=O)Oc2cc(Oc3ccc(NC(=S)NC(=O)Cc4ccccc4)c(F)c3)ccn2)CC1. The van der Waals surface area contributed by atoms with Gasteiger partial charge in [-0.2, -0.15) is 0 Å². The third kappa shape index (κ3) is 8.20. The highest BCUT2D eigenvalue weighted by Gasteiger charge is 2.25. The Bertz CT molecular complexity index is 1320. The molecule has 2 N–H and O–H groups in total. The molecule has 1 aromatic heterocycles. The van der Waals surface area contributed by atoms with Gasteiger partial charge in [0.1, 0.15) is 17.3 Å². The molecule has 2 aromatic carbocycles. The first-order chi connectivity index (χ1) is 18.8. The van der Waals surface area contributed by atoms with Crippen molar-refractivity contribution in [3.63, 3.8) is 0 Å². The van der Waals surface area contributed by atoms with E-state index < -0.39 is 11.9 Å². The molecule has 204 valence electrons. The number of hydrogen-bond acceptors (Lipinski definition) is 7. The van der Waals surface area contributed by atoms with E-state index in [0.29, 0.717) is 24.9 Å². The molecule has 1 saturated heterocycles. The second kappa shape index (κ2) is 13.1. The van der Waals surface area contributed by atoms with Crippen molar-refractivity contribution in [3.8, 4) is 17.4 Å². The summed E-state index contributed by atoms with van der Waals surface area (Å²) >= 11 is 5.14. The number of ether oxygens (including phenoxy) is 2. The van der Waals surface area contributed by atoms with Crippen LogP contribution in [-0.4, -0.2) is 65.1 Å². The van der Waals surface area contributed by atoms with Crippen LogP contribution in [0.1, 0.15) is 18.4 Å². The van der Waals surface area contributed by atoms with E-state index in [0.717, 1.165) is 18.4 Å². The standard InChI is InChI=1S/C28H30FN5O4S/c1-33(2)20-11-14-34(15-12-20)28(36)38-26-18-22(10-13-30-26)37-21-8-9-24(23(29)17-21)31-27(39)32-25(35)16-19-6-4-3-5-7-19/h3-10,13,17-18,20H,11-12,14-16H2,1-2H3,(H2,31,32,35,39). The van der Waals surface area contributed by atoms with Gasteiger partial charge in [-0.1, -0.05) is 30.3 Å². The van der Waals surface area contributed by atoms with Crippen LogP contribution >= 0.6 is 12.2 Å². The molecule has 0 spiro atoms. The molecule has 0 atom stereocenters. The molecule has 2 heterocycles. The minimum Gasteiger partial charge on any atom is -0.457 e. The van der Waals surface area contributed by atoms with Crippen LogP contribution in [-0.2, 0) is 11.2 Å². The molecule has 9 nitrogen and oxygen atoms in total. The number of halogens is 1. The predicted octanol–water partition coefficient (Wildman–Crippen LogP) is 4.59. The van der Waals surface area contributed by atoms with E-state index >= 15 is 0 Å². The number of carbonyl (C=O) groups excluding carboxylic acids is 2. The number of carbonyl (C=O) groups is 2. The van der Waals surface area contributed by atoms with E-state index in [9.17, 15) is 14.0 Å². The van der Waals surface area contributed by atoms with Crippen LogP contribution in [0.25, 0.3) is 0 Å². The number of nitrogens with zero attached hydrogens (tertiary/aromatic N) is 3. The Kier molecular flexibility index (Phi) is 9.40. The number of nitrogens with one attached hydrogen (secondary N) is 2. The molecule has 1 aliphatic heterocycles. The van der Waals surface area contributed by atoms with Crippen LogP contribution in [0.2, 0.25) is 0 Å². The van der Waals surface area contributed by atoms with E-state index in [4.69, 9.17) is 21.7 Å². The zero-order valence-electron chi connectivity index (χ0n) is 21.7. The largest absolute Gasteiger partial charge is 0.457 e. The minimum absolute atomic E-state index is 0.0185. The lowest BCUT2D eigenvalue weighted by Gasteiger charge is -2.34. The van der Waals surface area contributed by atoms with Crippen LogP contribution in [0.4, 0.5) is 14.9 Å². The number of thiocarbonyl (C=S) groups is 1. The number of likely N-dealkylation sites (tertiary alicyclic amines) is 1. The molecule has 1 aliphatic rings. The van der Waals surface area contributed by atoms with Crippen molar-refractivity contribution in [2.45, 2.75) is 25.3 Å². The van der Waals surface area contributed by atoms with Crippen LogP contribution in [0.15, 0.2) is 66.9 Å². The summed E-state index contributed by atoms with van der Waals surface area (Å²) in [7, 11) is 4.07. The second-order valence-electron chi connectivity index (χ2n) is 9.29. The number of hydrogen-bond donors (Lipinski definition) is 2. The van der Waals surface area contributed by atoms with E-state index in [1.807, 2.05) is 44.4 Å². The summed E-state index contributed by atoms with van der Waals surface area (Å²) in [5.74, 6) is -0.322. The summed E-state index contributed by atoms with van der Waals surface area (Å²) < 4.78 is 25.9. The average Bonchev–Trinajstić information content (AvgIpc) is 2.91. The van der Waals surface area contributed by atoms with E-state index in [2.05, 4.69) is 20.5 Å². The second-order valence-corrected chi connectivity index (χ2v) is 9.70. The molecule has 1 fully saturated rings. The van der Waals surface area contributed by atoms with Gasteiger partial charge in [-0.25, -0.2) is 14.2 Å². The Hall–Kier alpha value is -4.09. The molecule has 0 unspecified atom stereocenters. The van der Waals surface area contributed by atoms with Crippen molar-refractivity contribution in [3.05, 3.63) is 78.2 Å². The van der Waals surface area contributed by atoms with Gasteiger partial charge in [-0.15, -0.1) is 0 Å². The molecule has 0 saturated carbocycles. The van der Waals surface area contributed by atoms with E-state index in [-0.39, 0.29) is 34.8 Å². The van der Waals surface area contributed by atoms with Crippen LogP contribution in [0.3, 0.4) is 0 Å². The van der Waals surface area contributed by atoms with Gasteiger partial charge in [0.15, 0.2) is 5.11 Å². The highest BCUT2D eigenvalue weighted by atomic mass is 32.1. The Morgan fingerprint density at radius 2 is 1.79 bits per heavy atom. The molecule has 0 bridgehead atoms. The fraction of sp³-hybridized carbons (Fsp3) is 0.286. The van der Waals surface area contributed by atoms with Gasteiger partial charge in [0, 0.05) is 37.5 Å². The molecule has 2 amide bonds. The number of amides is 2. The lowest BCUT2D eigenvalue weighted by molar-refractivity contribution is -0.119. The zero-order valence-corrected chi connectivity index (χ0v) is 22.5. The van der Waals surface area contributed by atoms with E-state index in [1.165, 1.54) is 24.4 Å². The van der Waals surface area contributed by atoms with Crippen molar-refractivity contribution in [2.24, 2.45) is 0 Å². The number of aromatic nitrogens is 1. The molecule has 0 radical (unpaired) electrons. The summed E-state index contributed by atoms with van der Waals surface area (Å²) in [5.41, 5.74) is 0.916. The predicted molar refractivity (Wildman–Crippen MR) is 150 cm³/mol. The first kappa shape index (κ1) is 27.9. The lowest BCUT2D eigenvalue weighted by atomic mass is 10.0. The van der Waals surface area contributed by atoms with Crippen molar-refractivity contribution in [1.29, 1.82) is 0 Å². The van der Waals surface area contributed by atoms with E-state index in [1.54, 1.807) is 17.0 Å². The van der Waals surface area contributed by atoms with Gasteiger partial charge < -0.3 is 29.9 Å². The van der Waals surface area contributed by atoms with Gasteiger partial charge >= 0.3 is 6.09 Å². The maximum absolute atomic E-state index is 14.7. The maximum Gasteiger partial charge on any atom is 0.416 e. The number of piperidine rings is 1. The third-order valence-electron chi connectivity index (χ3n) is 6.24. The summed E-state index contributed by atoms with van der Waals surface area (Å²) in [6, 6.07) is 16.9. The van der Waals surface area contributed by atoms with Crippen molar-refractivity contribution in [2.75, 3.05) is 32.5 Å². The Labute approximate surface area is 231 Å².